The molecule has 2 heterocycles. The number of rotatable bonds is 4. The third-order valence-electron chi connectivity index (χ3n) is 3.96. The largest absolute Gasteiger partial charge is 0.379 e. The predicted octanol–water partition coefficient (Wildman–Crippen LogP) is 2.18. The van der Waals surface area contributed by atoms with Crippen molar-refractivity contribution in [3.8, 4) is 0 Å². The summed E-state index contributed by atoms with van der Waals surface area (Å²) in [6, 6.07) is 9.59. The van der Waals surface area contributed by atoms with Crippen LogP contribution < -0.4 is 5.32 Å². The molecule has 0 bridgehead atoms. The first kappa shape index (κ1) is 16.5. The van der Waals surface area contributed by atoms with Gasteiger partial charge < -0.3 is 10.1 Å². The maximum Gasteiger partial charge on any atom is 0.274 e. The van der Waals surface area contributed by atoms with Gasteiger partial charge in [-0.05, 0) is 31.5 Å². The normalized spacial score (nSPS) is 15.2. The monoisotopic (exact) mass is 326 g/mol. The van der Waals surface area contributed by atoms with E-state index in [1.165, 1.54) is 0 Å². The smallest absolute Gasteiger partial charge is 0.274 e. The van der Waals surface area contributed by atoms with Crippen LogP contribution in [0.1, 0.15) is 27.6 Å². The number of anilines is 1. The van der Waals surface area contributed by atoms with Crippen molar-refractivity contribution in [1.82, 2.24) is 14.9 Å². The average Bonchev–Trinajstić information content (AvgIpc) is 2.56. The molecule has 1 N–H and O–H groups in total. The van der Waals surface area contributed by atoms with Crippen molar-refractivity contribution in [1.29, 1.82) is 0 Å². The summed E-state index contributed by atoms with van der Waals surface area (Å²) in [5.41, 5.74) is 3.09. The molecule has 0 spiro atoms. The standard InChI is InChI=1S/C18H22N4O2/c1-13-11-17(20-14(2)19-13)18(23)21-16-6-4-3-5-15(16)12-22-7-9-24-10-8-22/h3-6,11H,7-10,12H2,1-2H3,(H,21,23). The Kier molecular flexibility index (Phi) is 5.17. The number of aromatic nitrogens is 2. The number of nitrogens with one attached hydrogen (secondary N) is 1. The Hall–Kier alpha value is -2.31. The molecular weight excluding hydrogens is 304 g/mol. The number of aryl methyl sites for hydroxylation is 2. The van der Waals surface area contributed by atoms with Gasteiger partial charge in [0, 0.05) is 31.0 Å². The summed E-state index contributed by atoms with van der Waals surface area (Å²) < 4.78 is 5.39. The summed E-state index contributed by atoms with van der Waals surface area (Å²) in [4.78, 5) is 23.3. The first-order valence-electron chi connectivity index (χ1n) is 8.13. The molecular formula is C18H22N4O2. The minimum atomic E-state index is -0.210. The zero-order valence-corrected chi connectivity index (χ0v) is 14.1. The molecule has 1 aromatic carbocycles. The fourth-order valence-corrected chi connectivity index (χ4v) is 2.80. The second-order valence-electron chi connectivity index (χ2n) is 5.94. The molecule has 0 radical (unpaired) electrons. The molecule has 2 aromatic rings. The van der Waals surface area contributed by atoms with E-state index in [4.69, 9.17) is 4.74 Å². The molecule has 1 aliphatic heterocycles. The third-order valence-corrected chi connectivity index (χ3v) is 3.96. The van der Waals surface area contributed by atoms with E-state index in [0.717, 1.165) is 49.8 Å². The Morgan fingerprint density at radius 1 is 1.21 bits per heavy atom. The van der Waals surface area contributed by atoms with Crippen molar-refractivity contribution in [3.63, 3.8) is 0 Å². The second-order valence-corrected chi connectivity index (χ2v) is 5.94. The highest BCUT2D eigenvalue weighted by atomic mass is 16.5. The number of benzene rings is 1. The van der Waals surface area contributed by atoms with Crippen molar-refractivity contribution >= 4 is 11.6 Å². The van der Waals surface area contributed by atoms with Crippen molar-refractivity contribution in [2.24, 2.45) is 0 Å². The fourth-order valence-electron chi connectivity index (χ4n) is 2.80. The van der Waals surface area contributed by atoms with Crippen LogP contribution in [0.2, 0.25) is 0 Å². The molecule has 1 amide bonds. The zero-order chi connectivity index (χ0) is 16.9. The van der Waals surface area contributed by atoms with Crippen LogP contribution >= 0.6 is 0 Å². The number of ether oxygens (including phenoxy) is 1. The summed E-state index contributed by atoms with van der Waals surface area (Å²) in [5.74, 6) is 0.389. The van der Waals surface area contributed by atoms with E-state index in [1.54, 1.807) is 13.0 Å². The van der Waals surface area contributed by atoms with Crippen molar-refractivity contribution in [3.05, 3.63) is 53.1 Å². The van der Waals surface area contributed by atoms with Gasteiger partial charge in [0.1, 0.15) is 11.5 Å². The van der Waals surface area contributed by atoms with Crippen LogP contribution in [-0.4, -0.2) is 47.1 Å². The van der Waals surface area contributed by atoms with E-state index in [2.05, 4.69) is 20.2 Å². The summed E-state index contributed by atoms with van der Waals surface area (Å²) in [6.07, 6.45) is 0. The van der Waals surface area contributed by atoms with Crippen molar-refractivity contribution in [2.45, 2.75) is 20.4 Å². The molecule has 0 saturated carbocycles. The Labute approximate surface area is 141 Å². The molecule has 1 aliphatic rings. The lowest BCUT2D eigenvalue weighted by Gasteiger charge is -2.27. The van der Waals surface area contributed by atoms with Gasteiger partial charge >= 0.3 is 0 Å². The molecule has 1 fully saturated rings. The Balaban J connectivity index is 1.75. The van der Waals surface area contributed by atoms with Crippen LogP contribution in [0.4, 0.5) is 5.69 Å². The lowest BCUT2D eigenvalue weighted by Crippen LogP contribution is -2.35. The first-order chi connectivity index (χ1) is 11.6. The second kappa shape index (κ2) is 7.51. The molecule has 126 valence electrons. The zero-order valence-electron chi connectivity index (χ0n) is 14.1. The van der Waals surface area contributed by atoms with Crippen LogP contribution in [0.5, 0.6) is 0 Å². The molecule has 0 aliphatic carbocycles. The molecule has 6 nitrogen and oxygen atoms in total. The third kappa shape index (κ3) is 4.15. The van der Waals surface area contributed by atoms with Crippen LogP contribution in [0.3, 0.4) is 0 Å². The highest BCUT2D eigenvalue weighted by Gasteiger charge is 2.15. The summed E-state index contributed by atoms with van der Waals surface area (Å²) in [5, 5.41) is 2.98. The quantitative estimate of drug-likeness (QED) is 0.933. The number of para-hydroxylation sites is 1. The van der Waals surface area contributed by atoms with E-state index >= 15 is 0 Å². The topological polar surface area (TPSA) is 67.4 Å². The van der Waals surface area contributed by atoms with Gasteiger partial charge in [-0.15, -0.1) is 0 Å². The van der Waals surface area contributed by atoms with Crippen LogP contribution in [0.25, 0.3) is 0 Å². The molecule has 1 aromatic heterocycles. The first-order valence-corrected chi connectivity index (χ1v) is 8.13. The van der Waals surface area contributed by atoms with E-state index < -0.39 is 0 Å². The van der Waals surface area contributed by atoms with Gasteiger partial charge in [-0.1, -0.05) is 18.2 Å². The van der Waals surface area contributed by atoms with Crippen molar-refractivity contribution < 1.29 is 9.53 Å². The maximum absolute atomic E-state index is 12.5. The summed E-state index contributed by atoms with van der Waals surface area (Å²) in [6.45, 7) is 7.77. The average molecular weight is 326 g/mol. The van der Waals surface area contributed by atoms with E-state index in [0.29, 0.717) is 11.5 Å². The van der Waals surface area contributed by atoms with Gasteiger partial charge in [-0.25, -0.2) is 9.97 Å². The Morgan fingerprint density at radius 2 is 1.96 bits per heavy atom. The molecule has 0 atom stereocenters. The van der Waals surface area contributed by atoms with Gasteiger partial charge in [0.2, 0.25) is 0 Å². The van der Waals surface area contributed by atoms with Gasteiger partial charge in [-0.2, -0.15) is 0 Å². The fraction of sp³-hybridized carbons (Fsp3) is 0.389. The van der Waals surface area contributed by atoms with Gasteiger partial charge in [0.25, 0.3) is 5.91 Å². The number of amides is 1. The Morgan fingerprint density at radius 3 is 2.71 bits per heavy atom. The lowest BCUT2D eigenvalue weighted by atomic mass is 10.1. The molecule has 3 rings (SSSR count). The highest BCUT2D eigenvalue weighted by Crippen LogP contribution is 2.19. The minimum absolute atomic E-state index is 0.210. The van der Waals surface area contributed by atoms with Gasteiger partial charge in [0.05, 0.1) is 13.2 Å². The molecule has 0 unspecified atom stereocenters. The van der Waals surface area contributed by atoms with Crippen molar-refractivity contribution in [2.75, 3.05) is 31.6 Å². The maximum atomic E-state index is 12.5. The van der Waals surface area contributed by atoms with Gasteiger partial charge in [-0.3, -0.25) is 9.69 Å². The molecule has 24 heavy (non-hydrogen) atoms. The van der Waals surface area contributed by atoms with Crippen LogP contribution in [0.15, 0.2) is 30.3 Å². The predicted molar refractivity (Wildman–Crippen MR) is 92.0 cm³/mol. The van der Waals surface area contributed by atoms with Gasteiger partial charge in [0.15, 0.2) is 0 Å². The lowest BCUT2D eigenvalue weighted by molar-refractivity contribution is 0.0342. The number of nitrogens with zero attached hydrogens (tertiary/aromatic N) is 3. The SMILES string of the molecule is Cc1cc(C(=O)Nc2ccccc2CN2CCOCC2)nc(C)n1. The number of morpholine rings is 1. The van der Waals surface area contributed by atoms with E-state index in [1.807, 2.05) is 31.2 Å². The van der Waals surface area contributed by atoms with E-state index in [-0.39, 0.29) is 5.91 Å². The van der Waals surface area contributed by atoms with Crippen LogP contribution in [-0.2, 0) is 11.3 Å². The number of carbonyl (C=O) groups excluding carboxylic acids is 1. The summed E-state index contributed by atoms with van der Waals surface area (Å²) in [7, 11) is 0. The molecule has 6 heteroatoms. The number of carbonyl (C=O) groups is 1. The Bertz CT molecular complexity index is 706. The number of hydrogen-bond acceptors (Lipinski definition) is 5. The molecule has 1 saturated heterocycles. The number of hydrogen-bond donors (Lipinski definition) is 1. The minimum Gasteiger partial charge on any atom is -0.379 e. The highest BCUT2D eigenvalue weighted by molar-refractivity contribution is 6.03. The van der Waals surface area contributed by atoms with Crippen LogP contribution in [0, 0.1) is 13.8 Å². The summed E-state index contributed by atoms with van der Waals surface area (Å²) >= 11 is 0. The van der Waals surface area contributed by atoms with E-state index in [9.17, 15) is 4.79 Å².